The largest absolute Gasteiger partial charge is 0.335 e. The number of nitrogens with zero attached hydrogens (tertiary/aromatic N) is 4. The molecule has 0 bridgehead atoms. The number of hydrogen-bond donors (Lipinski definition) is 1. The molecule has 0 aromatic carbocycles. The lowest BCUT2D eigenvalue weighted by Crippen LogP contribution is -2.50. The fraction of sp³-hybridized carbons (Fsp3) is 0.944. The Kier molecular flexibility index (Phi) is 6.99. The van der Waals surface area contributed by atoms with Gasteiger partial charge in [0.2, 0.25) is 0 Å². The Bertz CT molecular complexity index is 600. The van der Waals surface area contributed by atoms with E-state index in [1.165, 1.54) is 30.0 Å². The smallest absolute Gasteiger partial charge is 0.317 e. The highest BCUT2D eigenvalue weighted by Crippen LogP contribution is 2.22. The number of nitrogens with one attached hydrogen (secondary N) is 1. The van der Waals surface area contributed by atoms with Crippen LogP contribution in [0.4, 0.5) is 4.79 Å². The zero-order valence-electron chi connectivity index (χ0n) is 16.8. The maximum atomic E-state index is 12.9. The summed E-state index contributed by atoms with van der Waals surface area (Å²) < 4.78 is 28.7. The van der Waals surface area contributed by atoms with Crippen molar-refractivity contribution in [2.24, 2.45) is 0 Å². The predicted octanol–water partition coefficient (Wildman–Crippen LogP) is 0.917. The summed E-state index contributed by atoms with van der Waals surface area (Å²) >= 11 is 0. The molecule has 8 nitrogen and oxygen atoms in total. The topological polar surface area (TPSA) is 76.2 Å². The molecule has 2 heterocycles. The lowest BCUT2D eigenvalue weighted by molar-refractivity contribution is 0.198. The van der Waals surface area contributed by atoms with Gasteiger partial charge in [0.05, 0.1) is 0 Å². The van der Waals surface area contributed by atoms with Gasteiger partial charge in [-0.25, -0.2) is 4.79 Å². The van der Waals surface area contributed by atoms with Crippen molar-refractivity contribution in [1.29, 1.82) is 0 Å². The fourth-order valence-corrected chi connectivity index (χ4v) is 5.72. The third kappa shape index (κ3) is 5.13. The third-order valence-electron chi connectivity index (χ3n) is 6.13. The van der Waals surface area contributed by atoms with Crippen LogP contribution in [0.1, 0.15) is 44.9 Å². The molecular formula is C18H35N5O3S. The Morgan fingerprint density at radius 1 is 1.04 bits per heavy atom. The van der Waals surface area contributed by atoms with Gasteiger partial charge in [-0.15, -0.1) is 0 Å². The van der Waals surface area contributed by atoms with E-state index in [1.807, 2.05) is 0 Å². The molecule has 1 atom stereocenters. The summed E-state index contributed by atoms with van der Waals surface area (Å²) in [5.41, 5.74) is 0. The van der Waals surface area contributed by atoms with Gasteiger partial charge in [-0.3, -0.25) is 0 Å². The van der Waals surface area contributed by atoms with Gasteiger partial charge >= 0.3 is 6.03 Å². The van der Waals surface area contributed by atoms with Crippen LogP contribution >= 0.6 is 0 Å². The first-order valence-corrected chi connectivity index (χ1v) is 11.7. The van der Waals surface area contributed by atoms with Gasteiger partial charge in [-0.05, 0) is 45.2 Å². The van der Waals surface area contributed by atoms with Gasteiger partial charge in [0.15, 0.2) is 0 Å². The van der Waals surface area contributed by atoms with E-state index in [-0.39, 0.29) is 18.1 Å². The first kappa shape index (κ1) is 20.8. The van der Waals surface area contributed by atoms with Crippen LogP contribution in [0.2, 0.25) is 0 Å². The molecule has 1 saturated carbocycles. The van der Waals surface area contributed by atoms with Gasteiger partial charge in [0, 0.05) is 52.4 Å². The average Bonchev–Trinajstić information content (AvgIpc) is 3.37. The highest BCUT2D eigenvalue weighted by Gasteiger charge is 2.38. The molecular weight excluding hydrogens is 366 g/mol. The summed E-state index contributed by atoms with van der Waals surface area (Å²) in [6.07, 6.45) is 7.56. The quantitative estimate of drug-likeness (QED) is 0.688. The second kappa shape index (κ2) is 9.07. The molecule has 3 fully saturated rings. The molecule has 2 aliphatic heterocycles. The summed E-state index contributed by atoms with van der Waals surface area (Å²) in [5.74, 6) is 0. The molecule has 27 heavy (non-hydrogen) atoms. The minimum absolute atomic E-state index is 0.0360. The second-order valence-electron chi connectivity index (χ2n) is 8.27. The van der Waals surface area contributed by atoms with E-state index in [1.54, 1.807) is 23.3 Å². The molecule has 3 rings (SSSR count). The average molecular weight is 402 g/mol. The molecule has 0 aromatic heterocycles. The Balaban J connectivity index is 1.60. The van der Waals surface area contributed by atoms with Gasteiger partial charge in [0.1, 0.15) is 0 Å². The SMILES string of the molecule is CN(C)S(=O)(=O)N(CCN1CCCC1)C1CCN(C(=O)NC2CCCC2)C1. The van der Waals surface area contributed by atoms with E-state index >= 15 is 0 Å². The van der Waals surface area contributed by atoms with Gasteiger partial charge < -0.3 is 15.1 Å². The molecule has 2 saturated heterocycles. The van der Waals surface area contributed by atoms with E-state index < -0.39 is 10.2 Å². The molecule has 2 amide bonds. The molecule has 3 aliphatic rings. The molecule has 156 valence electrons. The monoisotopic (exact) mass is 401 g/mol. The van der Waals surface area contributed by atoms with Crippen LogP contribution in [-0.4, -0.2) is 98.3 Å². The van der Waals surface area contributed by atoms with Crippen LogP contribution in [0.3, 0.4) is 0 Å². The normalized spacial score (nSPS) is 25.2. The van der Waals surface area contributed by atoms with Crippen LogP contribution < -0.4 is 5.32 Å². The van der Waals surface area contributed by atoms with Crippen molar-refractivity contribution < 1.29 is 13.2 Å². The summed E-state index contributed by atoms with van der Waals surface area (Å²) in [5, 5.41) is 3.12. The number of carbonyl (C=O) groups excluding carboxylic acids is 1. The molecule has 0 aromatic rings. The van der Waals surface area contributed by atoms with Gasteiger partial charge in [0.25, 0.3) is 10.2 Å². The zero-order valence-corrected chi connectivity index (χ0v) is 17.6. The van der Waals surface area contributed by atoms with Crippen molar-refractivity contribution in [2.45, 2.75) is 57.0 Å². The molecule has 0 radical (unpaired) electrons. The Hall–Kier alpha value is -0.900. The Morgan fingerprint density at radius 2 is 1.70 bits per heavy atom. The van der Waals surface area contributed by atoms with Crippen LogP contribution in [0.5, 0.6) is 0 Å². The predicted molar refractivity (Wildman–Crippen MR) is 106 cm³/mol. The standard InChI is InChI=1S/C18H35N5O3S/c1-20(2)27(25,26)23(14-13-21-10-5-6-11-21)17-9-12-22(15-17)18(24)19-16-7-3-4-8-16/h16-17H,3-15H2,1-2H3,(H,19,24). The number of amides is 2. The summed E-state index contributed by atoms with van der Waals surface area (Å²) in [6.45, 7) is 4.45. The first-order valence-electron chi connectivity index (χ1n) is 10.3. The first-order chi connectivity index (χ1) is 12.9. The summed E-state index contributed by atoms with van der Waals surface area (Å²) in [7, 11) is -0.342. The zero-order chi connectivity index (χ0) is 19.4. The second-order valence-corrected chi connectivity index (χ2v) is 10.4. The number of rotatable bonds is 7. The molecule has 9 heteroatoms. The number of likely N-dealkylation sites (tertiary alicyclic amines) is 2. The highest BCUT2D eigenvalue weighted by molar-refractivity contribution is 7.86. The fourth-order valence-electron chi connectivity index (χ4n) is 4.44. The van der Waals surface area contributed by atoms with E-state index in [0.717, 1.165) is 32.5 Å². The molecule has 1 N–H and O–H groups in total. The summed E-state index contributed by atoms with van der Waals surface area (Å²) in [6, 6.07) is 0.105. The van der Waals surface area contributed by atoms with E-state index in [2.05, 4.69) is 10.2 Å². The van der Waals surface area contributed by atoms with Crippen molar-refractivity contribution in [3.05, 3.63) is 0 Å². The van der Waals surface area contributed by atoms with Gasteiger partial charge in [-0.2, -0.15) is 17.0 Å². The molecule has 1 unspecified atom stereocenters. The van der Waals surface area contributed by atoms with Crippen LogP contribution in [0.25, 0.3) is 0 Å². The van der Waals surface area contributed by atoms with Crippen molar-refractivity contribution in [1.82, 2.24) is 23.7 Å². The highest BCUT2D eigenvalue weighted by atomic mass is 32.2. The van der Waals surface area contributed by atoms with Crippen LogP contribution in [-0.2, 0) is 10.2 Å². The van der Waals surface area contributed by atoms with Crippen LogP contribution in [0, 0.1) is 0 Å². The number of carbonyl (C=O) groups is 1. The van der Waals surface area contributed by atoms with Crippen molar-refractivity contribution in [3.63, 3.8) is 0 Å². The van der Waals surface area contributed by atoms with Gasteiger partial charge in [-0.1, -0.05) is 12.8 Å². The van der Waals surface area contributed by atoms with E-state index in [0.29, 0.717) is 26.1 Å². The minimum atomic E-state index is -3.50. The third-order valence-corrected chi connectivity index (χ3v) is 8.13. The van der Waals surface area contributed by atoms with Crippen molar-refractivity contribution >= 4 is 16.2 Å². The molecule has 1 aliphatic carbocycles. The summed E-state index contributed by atoms with van der Waals surface area (Å²) in [4.78, 5) is 16.7. The maximum Gasteiger partial charge on any atom is 0.317 e. The van der Waals surface area contributed by atoms with Crippen molar-refractivity contribution in [3.8, 4) is 0 Å². The number of hydrogen-bond acceptors (Lipinski definition) is 4. The lowest BCUT2D eigenvalue weighted by atomic mass is 10.2. The Morgan fingerprint density at radius 3 is 2.33 bits per heavy atom. The van der Waals surface area contributed by atoms with E-state index in [4.69, 9.17) is 0 Å². The minimum Gasteiger partial charge on any atom is -0.335 e. The lowest BCUT2D eigenvalue weighted by Gasteiger charge is -2.32. The van der Waals surface area contributed by atoms with Crippen LogP contribution in [0.15, 0.2) is 0 Å². The Labute approximate surface area is 164 Å². The number of urea groups is 1. The van der Waals surface area contributed by atoms with Crippen molar-refractivity contribution in [2.75, 3.05) is 53.4 Å². The molecule has 0 spiro atoms. The maximum absolute atomic E-state index is 12.9. The van der Waals surface area contributed by atoms with E-state index in [9.17, 15) is 13.2 Å².